The van der Waals surface area contributed by atoms with Crippen LogP contribution in [-0.2, 0) is 0 Å². The van der Waals surface area contributed by atoms with Crippen molar-refractivity contribution in [2.75, 3.05) is 7.11 Å². The Bertz CT molecular complexity index is 326. The van der Waals surface area contributed by atoms with Gasteiger partial charge in [0.05, 0.1) is 0 Å². The first-order valence-electron chi connectivity index (χ1n) is 4.92. The second kappa shape index (κ2) is 3.44. The molecular weight excluding hydrogens is 182 g/mol. The maximum atomic E-state index is 9.75. The van der Waals surface area contributed by atoms with E-state index in [0.717, 1.165) is 23.1 Å². The number of aromatic hydroxyl groups is 2. The second-order valence-electron chi connectivity index (χ2n) is 3.74. The van der Waals surface area contributed by atoms with E-state index in [1.54, 1.807) is 6.07 Å². The molecule has 1 saturated carbocycles. The van der Waals surface area contributed by atoms with Gasteiger partial charge < -0.3 is 15.1 Å². The van der Waals surface area contributed by atoms with Crippen LogP contribution in [0.2, 0.25) is 0 Å². The molecule has 0 aliphatic heterocycles. The highest BCUT2D eigenvalue weighted by Gasteiger charge is 2.24. The first kappa shape index (κ1) is 9.24. The Hall–Kier alpha value is -1.32. The van der Waals surface area contributed by atoms with Gasteiger partial charge in [0.25, 0.3) is 0 Å². The van der Waals surface area contributed by atoms with Crippen LogP contribution in [0.25, 0.3) is 0 Å². The van der Waals surface area contributed by atoms with Crippen molar-refractivity contribution in [3.05, 3.63) is 11.6 Å². The van der Waals surface area contributed by atoms with Crippen molar-refractivity contribution in [1.82, 2.24) is 4.73 Å². The minimum absolute atomic E-state index is 0.0353. The Kier molecular flexibility index (Phi) is 2.27. The van der Waals surface area contributed by atoms with Crippen LogP contribution < -0.4 is 4.84 Å². The van der Waals surface area contributed by atoms with Gasteiger partial charge in [0, 0.05) is 11.6 Å². The van der Waals surface area contributed by atoms with Gasteiger partial charge in [0.2, 0.25) is 11.8 Å². The van der Waals surface area contributed by atoms with Gasteiger partial charge in [-0.3, -0.25) is 0 Å². The van der Waals surface area contributed by atoms with E-state index in [1.807, 2.05) is 0 Å². The van der Waals surface area contributed by atoms with Crippen LogP contribution in [-0.4, -0.2) is 22.1 Å². The normalized spacial score (nSPS) is 17.5. The van der Waals surface area contributed by atoms with Crippen molar-refractivity contribution < 1.29 is 15.1 Å². The molecule has 1 aromatic rings. The van der Waals surface area contributed by atoms with Crippen LogP contribution in [0.1, 0.15) is 37.2 Å². The molecule has 1 aliphatic carbocycles. The van der Waals surface area contributed by atoms with Crippen molar-refractivity contribution in [2.24, 2.45) is 0 Å². The molecule has 0 bridgehead atoms. The summed E-state index contributed by atoms with van der Waals surface area (Å²) >= 11 is 0. The standard InChI is InChI=1S/C10H15NO3/c1-14-11-9(12)6-8(10(11)13)7-4-2-3-5-7/h6-7,12-13H,2-5H2,1H3. The topological polar surface area (TPSA) is 54.6 Å². The maximum absolute atomic E-state index is 9.75. The molecule has 0 unspecified atom stereocenters. The number of hydrogen-bond donors (Lipinski definition) is 2. The third kappa shape index (κ3) is 1.31. The smallest absolute Gasteiger partial charge is 0.232 e. The maximum Gasteiger partial charge on any atom is 0.232 e. The van der Waals surface area contributed by atoms with Crippen molar-refractivity contribution in [2.45, 2.75) is 31.6 Å². The van der Waals surface area contributed by atoms with Gasteiger partial charge in [-0.1, -0.05) is 12.8 Å². The molecule has 2 N–H and O–H groups in total. The third-order valence-corrected chi connectivity index (χ3v) is 2.92. The molecule has 78 valence electrons. The lowest BCUT2D eigenvalue weighted by atomic mass is 10.0. The first-order valence-corrected chi connectivity index (χ1v) is 4.92. The van der Waals surface area contributed by atoms with Crippen LogP contribution in [0, 0.1) is 0 Å². The lowest BCUT2D eigenvalue weighted by Gasteiger charge is -2.07. The highest BCUT2D eigenvalue weighted by atomic mass is 16.7. The fourth-order valence-electron chi connectivity index (χ4n) is 2.21. The van der Waals surface area contributed by atoms with Crippen LogP contribution in [0.15, 0.2) is 6.07 Å². The van der Waals surface area contributed by atoms with Crippen LogP contribution in [0.3, 0.4) is 0 Å². The van der Waals surface area contributed by atoms with Gasteiger partial charge >= 0.3 is 0 Å². The summed E-state index contributed by atoms with van der Waals surface area (Å²) in [4.78, 5) is 4.83. The summed E-state index contributed by atoms with van der Waals surface area (Å²) in [6, 6.07) is 1.59. The van der Waals surface area contributed by atoms with E-state index < -0.39 is 0 Å². The van der Waals surface area contributed by atoms with Crippen LogP contribution >= 0.6 is 0 Å². The Balaban J connectivity index is 2.33. The molecule has 1 aromatic heterocycles. The van der Waals surface area contributed by atoms with Crippen LogP contribution in [0.4, 0.5) is 0 Å². The average molecular weight is 197 g/mol. The predicted octanol–water partition coefficient (Wildman–Crippen LogP) is 1.62. The van der Waals surface area contributed by atoms with Crippen molar-refractivity contribution >= 4 is 0 Å². The summed E-state index contributed by atoms with van der Waals surface area (Å²) in [6.07, 6.45) is 4.56. The van der Waals surface area contributed by atoms with Gasteiger partial charge in [-0.15, -0.1) is 4.73 Å². The zero-order chi connectivity index (χ0) is 10.1. The molecule has 14 heavy (non-hydrogen) atoms. The summed E-state index contributed by atoms with van der Waals surface area (Å²) in [7, 11) is 1.41. The molecule has 4 nitrogen and oxygen atoms in total. The van der Waals surface area contributed by atoms with Gasteiger partial charge in [0.1, 0.15) is 7.11 Å². The molecule has 0 saturated heterocycles. The lowest BCUT2D eigenvalue weighted by Crippen LogP contribution is -2.04. The number of hydrogen-bond acceptors (Lipinski definition) is 3. The quantitative estimate of drug-likeness (QED) is 0.757. The molecule has 1 fully saturated rings. The fourth-order valence-corrected chi connectivity index (χ4v) is 2.21. The Labute approximate surface area is 82.7 Å². The Morgan fingerprint density at radius 3 is 2.50 bits per heavy atom. The molecule has 1 heterocycles. The predicted molar refractivity (Wildman–Crippen MR) is 51.5 cm³/mol. The highest BCUT2D eigenvalue weighted by molar-refractivity contribution is 5.37. The molecule has 0 spiro atoms. The van der Waals surface area contributed by atoms with Crippen molar-refractivity contribution in [3.63, 3.8) is 0 Å². The van der Waals surface area contributed by atoms with Crippen molar-refractivity contribution in [3.8, 4) is 11.8 Å². The summed E-state index contributed by atoms with van der Waals surface area (Å²) in [5.74, 6) is 0.376. The zero-order valence-electron chi connectivity index (χ0n) is 8.23. The molecular formula is C10H15NO3. The van der Waals surface area contributed by atoms with Gasteiger partial charge in [-0.25, -0.2) is 0 Å². The summed E-state index contributed by atoms with van der Waals surface area (Å²) < 4.78 is 1.05. The van der Waals surface area contributed by atoms with Crippen LogP contribution in [0.5, 0.6) is 11.8 Å². The number of rotatable bonds is 2. The average Bonchev–Trinajstić information content (AvgIpc) is 2.74. The molecule has 0 aromatic carbocycles. The zero-order valence-corrected chi connectivity index (χ0v) is 8.23. The molecule has 4 heteroatoms. The van der Waals surface area contributed by atoms with Gasteiger partial charge in [-0.05, 0) is 18.8 Å². The van der Waals surface area contributed by atoms with E-state index >= 15 is 0 Å². The number of nitrogens with zero attached hydrogens (tertiary/aromatic N) is 1. The van der Waals surface area contributed by atoms with Gasteiger partial charge in [-0.2, -0.15) is 0 Å². The summed E-state index contributed by atoms with van der Waals surface area (Å²) in [5.41, 5.74) is 0.807. The summed E-state index contributed by atoms with van der Waals surface area (Å²) in [5, 5.41) is 19.2. The van der Waals surface area contributed by atoms with E-state index in [0.29, 0.717) is 5.92 Å². The van der Waals surface area contributed by atoms with E-state index in [9.17, 15) is 10.2 Å². The Morgan fingerprint density at radius 2 is 2.00 bits per heavy atom. The minimum Gasteiger partial charge on any atom is -0.492 e. The molecule has 1 aliphatic rings. The molecule has 0 radical (unpaired) electrons. The largest absolute Gasteiger partial charge is 0.492 e. The molecule has 0 atom stereocenters. The SMILES string of the molecule is COn1c(O)cc(C2CCCC2)c1O. The lowest BCUT2D eigenvalue weighted by molar-refractivity contribution is 0.119. The summed E-state index contributed by atoms with van der Waals surface area (Å²) in [6.45, 7) is 0. The van der Waals surface area contributed by atoms with E-state index in [4.69, 9.17) is 4.84 Å². The van der Waals surface area contributed by atoms with Gasteiger partial charge in [0.15, 0.2) is 0 Å². The van der Waals surface area contributed by atoms with Crippen molar-refractivity contribution in [1.29, 1.82) is 0 Å². The monoisotopic (exact) mass is 197 g/mol. The first-order chi connectivity index (χ1) is 6.74. The van der Waals surface area contributed by atoms with E-state index in [1.165, 1.54) is 20.0 Å². The molecule has 0 amide bonds. The van der Waals surface area contributed by atoms with E-state index in [2.05, 4.69) is 0 Å². The molecule has 2 rings (SSSR count). The fraction of sp³-hybridized carbons (Fsp3) is 0.600. The number of aromatic nitrogens is 1. The highest BCUT2D eigenvalue weighted by Crippen LogP contribution is 2.41. The second-order valence-corrected chi connectivity index (χ2v) is 3.74. The Morgan fingerprint density at radius 1 is 1.36 bits per heavy atom. The van der Waals surface area contributed by atoms with E-state index in [-0.39, 0.29) is 11.8 Å². The minimum atomic E-state index is -0.0353. The third-order valence-electron chi connectivity index (χ3n) is 2.92.